The molecular formula is C49H83Cl2NO13. The summed E-state index contributed by atoms with van der Waals surface area (Å²) in [6, 6.07) is 3.00. The molecule has 0 atom stereocenters. The van der Waals surface area contributed by atoms with E-state index >= 15 is 0 Å². The van der Waals surface area contributed by atoms with Gasteiger partial charge < -0.3 is 34.4 Å². The third-order valence-corrected chi connectivity index (χ3v) is 10.9. The van der Waals surface area contributed by atoms with Crippen LogP contribution in [0.15, 0.2) is 40.2 Å². The molecule has 0 radical (unpaired) electrons. The number of carbonyl (C=O) groups excluding carboxylic acids is 6. The number of aromatic nitrogens is 1. The molecule has 0 spiro atoms. The van der Waals surface area contributed by atoms with Crippen LogP contribution in [0.4, 0.5) is 0 Å². The van der Waals surface area contributed by atoms with Gasteiger partial charge in [-0.3, -0.25) is 19.2 Å². The van der Waals surface area contributed by atoms with E-state index in [0.717, 1.165) is 87.2 Å². The zero-order chi connectivity index (χ0) is 50.8. The quantitative estimate of drug-likeness (QED) is 0.0471. The van der Waals surface area contributed by atoms with Gasteiger partial charge in [-0.25, -0.2) is 9.59 Å². The number of hydrogen-bond acceptors (Lipinski definition) is 13. The second-order valence-corrected chi connectivity index (χ2v) is 15.7. The molecule has 0 bridgehead atoms. The lowest BCUT2D eigenvalue weighted by molar-refractivity contribution is -0.138. The first kappa shape index (κ1) is 67.7. The van der Waals surface area contributed by atoms with E-state index < -0.39 is 5.56 Å². The van der Waals surface area contributed by atoms with Gasteiger partial charge in [0.15, 0.2) is 0 Å². The van der Waals surface area contributed by atoms with E-state index in [4.69, 9.17) is 21.8 Å². The molecular weight excluding hydrogens is 881 g/mol. The summed E-state index contributed by atoms with van der Waals surface area (Å²) in [5, 5.41) is 25.6. The molecule has 65 heavy (non-hydrogen) atoms. The fourth-order valence-corrected chi connectivity index (χ4v) is 6.63. The highest BCUT2D eigenvalue weighted by Gasteiger charge is 2.22. The van der Waals surface area contributed by atoms with Gasteiger partial charge >= 0.3 is 17.9 Å². The van der Waals surface area contributed by atoms with Crippen molar-refractivity contribution in [3.8, 4) is 0 Å². The minimum atomic E-state index is -0.452. The van der Waals surface area contributed by atoms with E-state index in [1.165, 1.54) is 97.8 Å². The average Bonchev–Trinajstić information content (AvgIpc) is 3.34. The third kappa shape index (κ3) is 37.0. The number of halogens is 2. The van der Waals surface area contributed by atoms with Crippen molar-refractivity contribution in [2.75, 3.05) is 34.8 Å². The predicted octanol–water partition coefficient (Wildman–Crippen LogP) is 10.1. The lowest BCUT2D eigenvalue weighted by atomic mass is 9.84. The Hall–Kier alpha value is -3.85. The Morgan fingerprint density at radius 2 is 1.09 bits per heavy atom. The topological polar surface area (TPSA) is 213 Å². The number of aliphatic hydroxyl groups excluding tert-OH is 2. The zero-order valence-electron chi connectivity index (χ0n) is 41.3. The summed E-state index contributed by atoms with van der Waals surface area (Å²) in [6.45, 7) is 10.5. The van der Waals surface area contributed by atoms with E-state index in [9.17, 15) is 38.8 Å². The molecule has 14 nitrogen and oxygen atoms in total. The second kappa shape index (κ2) is 45.3. The smallest absolute Gasteiger partial charge is 0.330 e. The molecule has 0 saturated heterocycles. The number of allylic oxidation sites excluding steroid dienone is 2. The highest BCUT2D eigenvalue weighted by atomic mass is 35.5. The molecule has 1 aromatic rings. The van der Waals surface area contributed by atoms with Crippen molar-refractivity contribution in [1.82, 2.24) is 4.73 Å². The van der Waals surface area contributed by atoms with E-state index in [1.807, 2.05) is 27.7 Å². The number of hydrogen-bond donors (Lipinski definition) is 3. The maximum absolute atomic E-state index is 12.0. The van der Waals surface area contributed by atoms with Crippen LogP contribution in [0.3, 0.4) is 0 Å². The van der Waals surface area contributed by atoms with Crippen molar-refractivity contribution in [1.29, 1.82) is 0 Å². The van der Waals surface area contributed by atoms with E-state index in [0.29, 0.717) is 29.9 Å². The number of pyridine rings is 1. The Morgan fingerprint density at radius 3 is 1.43 bits per heavy atom. The number of methoxy groups -OCH3 is 3. The number of ketones is 2. The summed E-state index contributed by atoms with van der Waals surface area (Å²) < 4.78 is 13.8. The van der Waals surface area contributed by atoms with Crippen molar-refractivity contribution in [2.45, 2.75) is 176 Å². The summed E-state index contributed by atoms with van der Waals surface area (Å²) in [6.07, 6.45) is 24.0. The van der Waals surface area contributed by atoms with Gasteiger partial charge in [-0.05, 0) is 88.4 Å². The number of carbonyl (C=O) groups is 6. The minimum Gasteiger partial charge on any atom is -0.469 e. The van der Waals surface area contributed by atoms with Crippen LogP contribution in [0.1, 0.15) is 181 Å². The van der Waals surface area contributed by atoms with Crippen LogP contribution >= 0.6 is 23.2 Å². The van der Waals surface area contributed by atoms with Gasteiger partial charge in [0.25, 0.3) is 5.56 Å². The van der Waals surface area contributed by atoms with Gasteiger partial charge in [-0.1, -0.05) is 89.7 Å². The summed E-state index contributed by atoms with van der Waals surface area (Å²) >= 11 is 9.96. The molecule has 16 heteroatoms. The Kier molecular flexibility index (Phi) is 47.2. The maximum Gasteiger partial charge on any atom is 0.330 e. The molecule has 0 unspecified atom stereocenters. The fourth-order valence-electron chi connectivity index (χ4n) is 6.41. The summed E-state index contributed by atoms with van der Waals surface area (Å²) in [5.74, 6) is 0.319. The Labute approximate surface area is 399 Å². The van der Waals surface area contributed by atoms with Gasteiger partial charge in [0.2, 0.25) is 5.24 Å². The number of rotatable bonds is 11. The highest BCUT2D eigenvalue weighted by Crippen LogP contribution is 2.32. The van der Waals surface area contributed by atoms with E-state index in [2.05, 4.69) is 25.8 Å². The van der Waals surface area contributed by atoms with Crippen molar-refractivity contribution < 1.29 is 58.4 Å². The van der Waals surface area contributed by atoms with Crippen molar-refractivity contribution in [2.24, 2.45) is 11.8 Å². The van der Waals surface area contributed by atoms with Crippen LogP contribution in [0.5, 0.6) is 0 Å². The third-order valence-electron chi connectivity index (χ3n) is 10.6. The predicted molar refractivity (Wildman–Crippen MR) is 258 cm³/mol. The SMILES string of the molecule is CC/C(=C\C(=O)OC)CC(=O)C1CCCCC1.CC/C(C)=C\C(=O)OC.CCC(C)=O.CCl.CO.COC(C)=O.O=C(Cl)C1CCCCC1.O=c1cc(CO)cc(C2CCCCC2)n1O. The lowest BCUT2D eigenvalue weighted by Crippen LogP contribution is -2.24. The molecule has 376 valence electrons. The minimum absolute atomic E-state index is 0.130. The van der Waals surface area contributed by atoms with Crippen molar-refractivity contribution in [3.05, 3.63) is 57.0 Å². The van der Waals surface area contributed by atoms with Gasteiger partial charge in [0.1, 0.15) is 11.6 Å². The summed E-state index contributed by atoms with van der Waals surface area (Å²) in [5.41, 5.74) is 2.70. The lowest BCUT2D eigenvalue weighted by Gasteiger charge is -2.23. The average molecular weight is 965 g/mol. The van der Waals surface area contributed by atoms with Gasteiger partial charge in [-0.2, -0.15) is 4.73 Å². The summed E-state index contributed by atoms with van der Waals surface area (Å²) in [7, 11) is 5.08. The zero-order valence-corrected chi connectivity index (χ0v) is 42.8. The Morgan fingerprint density at radius 1 is 0.677 bits per heavy atom. The summed E-state index contributed by atoms with van der Waals surface area (Å²) in [4.78, 5) is 75.1. The van der Waals surface area contributed by atoms with Crippen LogP contribution in [-0.4, -0.2) is 89.7 Å². The molecule has 1 aromatic heterocycles. The molecule has 3 aliphatic carbocycles. The molecule has 3 fully saturated rings. The van der Waals surface area contributed by atoms with Crippen LogP contribution in [-0.2, 0) is 49.6 Å². The first-order chi connectivity index (χ1) is 30.9. The highest BCUT2D eigenvalue weighted by molar-refractivity contribution is 6.63. The number of ether oxygens (including phenoxy) is 3. The van der Waals surface area contributed by atoms with Crippen LogP contribution in [0.2, 0.25) is 0 Å². The van der Waals surface area contributed by atoms with Gasteiger partial charge in [-0.15, -0.1) is 11.6 Å². The standard InChI is InChI=1S/C14H22O3.C12H17NO3.C7H11ClO.C7H12O2.C4H8O.C3H6O2.CH3Cl.CH4O/c1-3-11(10-14(16)17-2)9-13(15)12-7-5-4-6-8-12;14-8-9-6-11(13(16)12(15)7-9)10-4-2-1-3-5-10;8-7(9)6-4-2-1-3-5-6;1-4-6(2)5-7(8)9-3;1-3-4(2)5;1-3(4)5-2;2*1-2/h10,12H,3-9H2,1-2H3;6-7,10,14,16H,1-5,8H2;6H,1-5H2;5H,4H2,1-3H3;3H2,1-2H3;1-2H3;1H3;2H,1H3/b11-10+;;;6-5-;;;;. The number of aliphatic hydroxyl groups is 2. The molecule has 1 heterocycles. The second-order valence-electron chi connectivity index (χ2n) is 15.3. The molecule has 3 N–H and O–H groups in total. The molecule has 0 aliphatic heterocycles. The Bertz CT molecular complexity index is 1560. The van der Waals surface area contributed by atoms with Crippen LogP contribution in [0.25, 0.3) is 0 Å². The molecule has 0 amide bonds. The van der Waals surface area contributed by atoms with E-state index in [-0.39, 0.29) is 53.3 Å². The van der Waals surface area contributed by atoms with Crippen molar-refractivity contribution in [3.63, 3.8) is 0 Å². The van der Waals surface area contributed by atoms with Crippen molar-refractivity contribution >= 4 is 57.9 Å². The maximum atomic E-state index is 12.0. The first-order valence-corrected chi connectivity index (χ1v) is 23.7. The molecule has 3 aliphatic rings. The number of esters is 3. The molecule has 4 rings (SSSR count). The Balaban J connectivity index is -0.000000357. The number of Topliss-reactive ketones (excluding diaryl/α,β-unsaturated/α-hetero) is 2. The van der Waals surface area contributed by atoms with E-state index in [1.54, 1.807) is 13.0 Å². The monoisotopic (exact) mass is 964 g/mol. The number of nitrogens with zero attached hydrogens (tertiary/aromatic N) is 1. The number of alkyl halides is 1. The largest absolute Gasteiger partial charge is 0.469 e. The molecule has 3 saturated carbocycles. The van der Waals surface area contributed by atoms with Gasteiger partial charge in [0.05, 0.1) is 33.6 Å². The van der Waals surface area contributed by atoms with Gasteiger partial charge in [0, 0.05) is 69.2 Å². The van der Waals surface area contributed by atoms with Crippen LogP contribution < -0.4 is 5.56 Å². The fraction of sp³-hybridized carbons (Fsp3) is 0.694. The normalized spacial score (nSPS) is 14.9. The van der Waals surface area contributed by atoms with Crippen LogP contribution in [0, 0.1) is 11.8 Å². The first-order valence-electron chi connectivity index (χ1n) is 22.6. The molecule has 0 aromatic carbocycles.